The molecule has 0 saturated heterocycles. The van der Waals surface area contributed by atoms with Gasteiger partial charge in [-0.25, -0.2) is 0 Å². The first-order valence-electron chi connectivity index (χ1n) is 10.7. The van der Waals surface area contributed by atoms with Gasteiger partial charge in [-0.05, 0) is 51.6 Å². The number of nitrogens with one attached hydrogen (secondary N) is 2. The average molecular weight is 522 g/mol. The third-order valence-corrected chi connectivity index (χ3v) is 4.77. The molecule has 0 aliphatic carbocycles. The highest BCUT2D eigenvalue weighted by molar-refractivity contribution is 8.93. The molecule has 0 rings (SSSR count). The molecule has 166 valence electrons. The molecule has 0 heterocycles. The summed E-state index contributed by atoms with van der Waals surface area (Å²) in [5, 5.41) is 7.22. The molecule has 0 aromatic rings. The average Bonchev–Trinajstić information content (AvgIpc) is 2.63. The number of hydrogen-bond acceptors (Lipinski definition) is 2. The van der Waals surface area contributed by atoms with Gasteiger partial charge in [-0.2, -0.15) is 0 Å². The molecule has 2 N–H and O–H groups in total. The van der Waals surface area contributed by atoms with Gasteiger partial charge >= 0.3 is 0 Å². The Hall–Kier alpha value is -0.160. The summed E-state index contributed by atoms with van der Waals surface area (Å²) >= 11 is 0. The van der Waals surface area contributed by atoms with Crippen LogP contribution in [0.4, 0.5) is 0 Å². The Morgan fingerprint density at radius 2 is 0.714 bits per heavy atom. The predicted molar refractivity (Wildman–Crippen MR) is 140 cm³/mol. The van der Waals surface area contributed by atoms with E-state index in [-0.39, 0.29) is 34.0 Å². The van der Waals surface area contributed by atoms with Gasteiger partial charge in [0.15, 0.2) is 0 Å². The topological polar surface area (TPSA) is 24.1 Å². The summed E-state index contributed by atoms with van der Waals surface area (Å²) in [6, 6.07) is 1.05. The first-order valence-corrected chi connectivity index (χ1v) is 10.7. The molecule has 2 nitrogen and oxygen atoms in total. The second kappa shape index (κ2) is 26.8. The van der Waals surface area contributed by atoms with E-state index in [9.17, 15) is 0 Å². The van der Waals surface area contributed by atoms with Crippen molar-refractivity contribution >= 4 is 34.0 Å². The summed E-state index contributed by atoms with van der Waals surface area (Å²) in [6.45, 7) is 17.5. The Labute approximate surface area is 196 Å². The Balaban J connectivity index is -0.00000312. The van der Waals surface area contributed by atoms with Crippen LogP contribution in [0.25, 0.3) is 0 Å². The van der Waals surface area contributed by atoms with Crippen LogP contribution in [0.3, 0.4) is 0 Å². The van der Waals surface area contributed by atoms with Crippen LogP contribution in [0.2, 0.25) is 0 Å². The summed E-state index contributed by atoms with van der Waals surface area (Å²) in [5.74, 6) is 0. The Morgan fingerprint density at radius 3 is 0.964 bits per heavy atom. The first-order chi connectivity index (χ1) is 12.8. The largest absolute Gasteiger partial charge is 0.313 e. The lowest BCUT2D eigenvalue weighted by atomic mass is 10.1. The standard InChI is InChI=1S/C24H44N2.2BrH/c1-5-17-23(18-6-2)25-21-15-13-11-9-10-12-14-16-22-26-24(19-7-3)20-8-4;;/h5-8,23-26H,1-4,9-22H2;2*1H. The van der Waals surface area contributed by atoms with Crippen LogP contribution in [0.5, 0.6) is 0 Å². The van der Waals surface area contributed by atoms with Gasteiger partial charge < -0.3 is 10.6 Å². The minimum Gasteiger partial charge on any atom is -0.313 e. The lowest BCUT2D eigenvalue weighted by Crippen LogP contribution is -2.28. The van der Waals surface area contributed by atoms with E-state index in [2.05, 4.69) is 36.9 Å². The van der Waals surface area contributed by atoms with E-state index < -0.39 is 0 Å². The summed E-state index contributed by atoms with van der Waals surface area (Å²) < 4.78 is 0. The highest BCUT2D eigenvalue weighted by atomic mass is 79.9. The minimum atomic E-state index is 0. The molecule has 0 unspecified atom stereocenters. The molecule has 28 heavy (non-hydrogen) atoms. The molecule has 0 bridgehead atoms. The number of halogens is 2. The molecular formula is C24H46Br2N2. The van der Waals surface area contributed by atoms with Crippen molar-refractivity contribution in [2.45, 2.75) is 89.1 Å². The molecule has 0 saturated carbocycles. The van der Waals surface area contributed by atoms with Crippen LogP contribution in [-0.2, 0) is 0 Å². The second-order valence-corrected chi connectivity index (χ2v) is 7.23. The minimum absolute atomic E-state index is 0. The quantitative estimate of drug-likeness (QED) is 0.121. The maximum atomic E-state index is 3.83. The van der Waals surface area contributed by atoms with Gasteiger partial charge in [0.2, 0.25) is 0 Å². The molecule has 0 aromatic heterocycles. The van der Waals surface area contributed by atoms with Crippen LogP contribution in [0, 0.1) is 0 Å². The molecule has 4 heteroatoms. The smallest absolute Gasteiger partial charge is 0.0136 e. The van der Waals surface area contributed by atoms with Crippen molar-refractivity contribution in [1.29, 1.82) is 0 Å². The maximum absolute atomic E-state index is 3.83. The van der Waals surface area contributed by atoms with E-state index in [4.69, 9.17) is 0 Å². The number of hydrogen-bond donors (Lipinski definition) is 2. The highest BCUT2D eigenvalue weighted by Gasteiger charge is 2.03. The van der Waals surface area contributed by atoms with Gasteiger partial charge in [-0.15, -0.1) is 60.3 Å². The summed E-state index contributed by atoms with van der Waals surface area (Å²) in [6.07, 6.45) is 22.8. The molecule has 0 aromatic carbocycles. The molecular weight excluding hydrogens is 476 g/mol. The third-order valence-electron chi connectivity index (χ3n) is 4.77. The molecule has 0 amide bonds. The van der Waals surface area contributed by atoms with Crippen molar-refractivity contribution in [2.24, 2.45) is 0 Å². The van der Waals surface area contributed by atoms with Gasteiger partial charge in [0.1, 0.15) is 0 Å². The lowest BCUT2D eigenvalue weighted by Gasteiger charge is -2.15. The number of unbranched alkanes of at least 4 members (excludes halogenated alkanes) is 7. The summed E-state index contributed by atoms with van der Waals surface area (Å²) in [4.78, 5) is 0. The van der Waals surface area contributed by atoms with Crippen molar-refractivity contribution in [3.63, 3.8) is 0 Å². The van der Waals surface area contributed by atoms with E-state index in [1.54, 1.807) is 0 Å². The molecule has 0 aliphatic rings. The van der Waals surface area contributed by atoms with Crippen LogP contribution < -0.4 is 10.6 Å². The van der Waals surface area contributed by atoms with Crippen molar-refractivity contribution in [3.05, 3.63) is 50.6 Å². The molecule has 0 radical (unpaired) electrons. The van der Waals surface area contributed by atoms with E-state index in [0.717, 1.165) is 38.8 Å². The SMILES string of the molecule is Br.Br.C=CCC(CC=C)NCCCCCCCCCCNC(CC=C)CC=C. The second-order valence-electron chi connectivity index (χ2n) is 7.23. The van der Waals surface area contributed by atoms with Gasteiger partial charge in [0, 0.05) is 12.1 Å². The Bertz CT molecular complexity index is 305. The van der Waals surface area contributed by atoms with Crippen molar-refractivity contribution in [3.8, 4) is 0 Å². The predicted octanol–water partition coefficient (Wildman–Crippen LogP) is 7.48. The zero-order valence-electron chi connectivity index (χ0n) is 18.0. The van der Waals surface area contributed by atoms with Crippen LogP contribution in [-0.4, -0.2) is 25.2 Å². The molecule has 0 aliphatic heterocycles. The monoisotopic (exact) mass is 520 g/mol. The van der Waals surface area contributed by atoms with Crippen molar-refractivity contribution in [1.82, 2.24) is 10.6 Å². The fraction of sp³-hybridized carbons (Fsp3) is 0.667. The van der Waals surface area contributed by atoms with Gasteiger partial charge in [0.25, 0.3) is 0 Å². The third kappa shape index (κ3) is 22.1. The van der Waals surface area contributed by atoms with Gasteiger partial charge in [-0.3, -0.25) is 0 Å². The normalized spacial score (nSPS) is 10.2. The van der Waals surface area contributed by atoms with Gasteiger partial charge in [0.05, 0.1) is 0 Å². The fourth-order valence-electron chi connectivity index (χ4n) is 3.25. The maximum Gasteiger partial charge on any atom is 0.0136 e. The molecule has 0 atom stereocenters. The Kier molecular flexibility index (Phi) is 31.2. The van der Waals surface area contributed by atoms with Crippen LogP contribution in [0.15, 0.2) is 50.6 Å². The van der Waals surface area contributed by atoms with Crippen LogP contribution in [0.1, 0.15) is 77.0 Å². The van der Waals surface area contributed by atoms with Crippen molar-refractivity contribution in [2.75, 3.05) is 13.1 Å². The van der Waals surface area contributed by atoms with Gasteiger partial charge in [-0.1, -0.05) is 62.8 Å². The summed E-state index contributed by atoms with van der Waals surface area (Å²) in [7, 11) is 0. The Morgan fingerprint density at radius 1 is 0.464 bits per heavy atom. The zero-order valence-corrected chi connectivity index (χ0v) is 21.4. The lowest BCUT2D eigenvalue weighted by molar-refractivity contribution is 0.482. The zero-order chi connectivity index (χ0) is 19.3. The van der Waals surface area contributed by atoms with E-state index in [1.165, 1.54) is 51.4 Å². The number of rotatable bonds is 21. The van der Waals surface area contributed by atoms with E-state index in [1.807, 2.05) is 24.3 Å². The fourth-order valence-corrected chi connectivity index (χ4v) is 3.25. The van der Waals surface area contributed by atoms with Crippen LogP contribution >= 0.6 is 34.0 Å². The molecule has 0 spiro atoms. The first kappa shape index (κ1) is 32.5. The summed E-state index contributed by atoms with van der Waals surface area (Å²) in [5.41, 5.74) is 0. The van der Waals surface area contributed by atoms with Crippen molar-refractivity contribution < 1.29 is 0 Å². The highest BCUT2D eigenvalue weighted by Crippen LogP contribution is 2.09. The molecule has 0 fully saturated rings. The van der Waals surface area contributed by atoms with E-state index >= 15 is 0 Å². The van der Waals surface area contributed by atoms with E-state index in [0.29, 0.717) is 12.1 Å².